The molecule has 1 amide bonds. The van der Waals surface area contributed by atoms with Crippen LogP contribution in [0.1, 0.15) is 20.7 Å². The predicted octanol–water partition coefficient (Wildman–Crippen LogP) is 2.44. The van der Waals surface area contributed by atoms with Gasteiger partial charge in [-0.25, -0.2) is 4.79 Å². The molecule has 2 N–H and O–H groups in total. The summed E-state index contributed by atoms with van der Waals surface area (Å²) >= 11 is 0.869. The molecule has 0 spiro atoms. The molecule has 0 heterocycles. The average molecular weight is 329 g/mol. The molecule has 0 saturated heterocycles. The van der Waals surface area contributed by atoms with Crippen LogP contribution in [0.15, 0.2) is 60.7 Å². The van der Waals surface area contributed by atoms with Crippen LogP contribution in [0.4, 0.5) is 0 Å². The first-order chi connectivity index (χ1) is 11.1. The normalized spacial score (nSPS) is 11.5. The van der Waals surface area contributed by atoms with Gasteiger partial charge in [0.2, 0.25) is 5.12 Å². The third kappa shape index (κ3) is 4.96. The Hall–Kier alpha value is -2.60. The van der Waals surface area contributed by atoms with Crippen molar-refractivity contribution >= 4 is 28.8 Å². The lowest BCUT2D eigenvalue weighted by molar-refractivity contribution is -0.138. The Bertz CT molecular complexity index is 688. The van der Waals surface area contributed by atoms with E-state index in [9.17, 15) is 19.5 Å². The number of amides is 1. The van der Waals surface area contributed by atoms with E-state index in [1.165, 1.54) is 0 Å². The van der Waals surface area contributed by atoms with Gasteiger partial charge in [0.05, 0.1) is 0 Å². The lowest BCUT2D eigenvalue weighted by Gasteiger charge is -2.13. The maximum atomic E-state index is 12.0. The molecule has 6 heteroatoms. The molecule has 0 aromatic heterocycles. The second-order valence-electron chi connectivity index (χ2n) is 4.69. The summed E-state index contributed by atoms with van der Waals surface area (Å²) in [6, 6.07) is 15.8. The molecule has 23 heavy (non-hydrogen) atoms. The van der Waals surface area contributed by atoms with Crippen LogP contribution in [0, 0.1) is 0 Å². The number of carbonyl (C=O) groups excluding carboxylic acids is 2. The van der Waals surface area contributed by atoms with Gasteiger partial charge in [-0.15, -0.1) is 0 Å². The summed E-state index contributed by atoms with van der Waals surface area (Å²) in [7, 11) is 0. The third-order valence-corrected chi connectivity index (χ3v) is 4.03. The fraction of sp³-hybridized carbons (Fsp3) is 0.118. The van der Waals surface area contributed by atoms with Gasteiger partial charge in [-0.2, -0.15) is 0 Å². The van der Waals surface area contributed by atoms with E-state index >= 15 is 0 Å². The molecule has 118 valence electrons. The zero-order valence-electron chi connectivity index (χ0n) is 12.1. The molecular formula is C17H15NO4S. The first-order valence-electron chi connectivity index (χ1n) is 6.89. The highest BCUT2D eigenvalue weighted by atomic mass is 32.2. The second-order valence-corrected chi connectivity index (χ2v) is 5.69. The van der Waals surface area contributed by atoms with Crippen molar-refractivity contribution in [2.24, 2.45) is 0 Å². The zero-order chi connectivity index (χ0) is 16.7. The molecule has 0 aliphatic heterocycles. The molecule has 0 aliphatic rings. The van der Waals surface area contributed by atoms with Crippen molar-refractivity contribution in [2.75, 3.05) is 5.75 Å². The summed E-state index contributed by atoms with van der Waals surface area (Å²) in [6.07, 6.45) is 0. The molecule has 0 fully saturated rings. The number of benzene rings is 2. The van der Waals surface area contributed by atoms with Crippen LogP contribution in [0.3, 0.4) is 0 Å². The van der Waals surface area contributed by atoms with Crippen LogP contribution in [0.5, 0.6) is 0 Å². The second kappa shape index (κ2) is 8.14. The third-order valence-electron chi connectivity index (χ3n) is 3.03. The van der Waals surface area contributed by atoms with E-state index < -0.39 is 17.9 Å². The SMILES string of the molecule is O=C(NC(CSC(=O)c1ccccc1)C(=O)O)c1ccccc1. The van der Waals surface area contributed by atoms with Gasteiger partial charge in [0.25, 0.3) is 5.91 Å². The minimum Gasteiger partial charge on any atom is -0.480 e. The number of nitrogens with one attached hydrogen (secondary N) is 1. The number of carboxylic acids is 1. The molecular weight excluding hydrogens is 314 g/mol. The van der Waals surface area contributed by atoms with Gasteiger partial charge in [-0.1, -0.05) is 60.3 Å². The molecule has 1 atom stereocenters. The highest BCUT2D eigenvalue weighted by molar-refractivity contribution is 8.14. The van der Waals surface area contributed by atoms with Crippen molar-refractivity contribution in [1.29, 1.82) is 0 Å². The Morgan fingerprint density at radius 2 is 1.43 bits per heavy atom. The highest BCUT2D eigenvalue weighted by Crippen LogP contribution is 2.13. The molecule has 1 unspecified atom stereocenters. The van der Waals surface area contributed by atoms with E-state index in [0.717, 1.165) is 11.8 Å². The maximum Gasteiger partial charge on any atom is 0.327 e. The van der Waals surface area contributed by atoms with E-state index in [1.54, 1.807) is 60.7 Å². The zero-order valence-corrected chi connectivity index (χ0v) is 13.0. The van der Waals surface area contributed by atoms with Crippen molar-refractivity contribution in [3.8, 4) is 0 Å². The minimum atomic E-state index is -1.18. The lowest BCUT2D eigenvalue weighted by atomic mass is 10.2. The minimum absolute atomic E-state index is 0.0400. The number of aliphatic carboxylic acids is 1. The van der Waals surface area contributed by atoms with E-state index in [-0.39, 0.29) is 10.9 Å². The number of carboxylic acid groups (broad SMARTS) is 1. The Labute approximate surface area is 137 Å². The first kappa shape index (κ1) is 16.8. The van der Waals surface area contributed by atoms with Gasteiger partial charge in [0, 0.05) is 16.9 Å². The number of hydrogen-bond donors (Lipinski definition) is 2. The summed E-state index contributed by atoms with van der Waals surface area (Å²) in [6.45, 7) is 0. The van der Waals surface area contributed by atoms with Gasteiger partial charge in [-0.3, -0.25) is 9.59 Å². The van der Waals surface area contributed by atoms with Crippen LogP contribution in [0.2, 0.25) is 0 Å². The summed E-state index contributed by atoms with van der Waals surface area (Å²) in [4.78, 5) is 35.3. The number of carbonyl (C=O) groups is 3. The van der Waals surface area contributed by atoms with Crippen LogP contribution in [-0.4, -0.2) is 33.9 Å². The van der Waals surface area contributed by atoms with Crippen LogP contribution in [-0.2, 0) is 4.79 Å². The summed E-state index contributed by atoms with van der Waals surface area (Å²) in [5.41, 5.74) is 0.870. The summed E-state index contributed by atoms with van der Waals surface area (Å²) < 4.78 is 0. The van der Waals surface area contributed by atoms with Gasteiger partial charge in [0.1, 0.15) is 6.04 Å². The first-order valence-corrected chi connectivity index (χ1v) is 7.87. The van der Waals surface area contributed by atoms with E-state index in [4.69, 9.17) is 0 Å². The Morgan fingerprint density at radius 3 is 1.96 bits per heavy atom. The van der Waals surface area contributed by atoms with Crippen molar-refractivity contribution in [2.45, 2.75) is 6.04 Å². The van der Waals surface area contributed by atoms with E-state index in [2.05, 4.69) is 5.32 Å². The van der Waals surface area contributed by atoms with E-state index in [0.29, 0.717) is 11.1 Å². The fourth-order valence-corrected chi connectivity index (χ4v) is 2.67. The largest absolute Gasteiger partial charge is 0.480 e. The predicted molar refractivity (Wildman–Crippen MR) is 88.6 cm³/mol. The molecule has 2 aromatic rings. The number of rotatable bonds is 6. The van der Waals surface area contributed by atoms with Crippen LogP contribution >= 0.6 is 11.8 Å². The molecule has 0 bridgehead atoms. The molecule has 5 nitrogen and oxygen atoms in total. The summed E-state index contributed by atoms with van der Waals surface area (Å²) in [5.74, 6) is -1.70. The van der Waals surface area contributed by atoms with Crippen molar-refractivity contribution in [3.05, 3.63) is 71.8 Å². The fourth-order valence-electron chi connectivity index (χ4n) is 1.82. The Balaban J connectivity index is 1.96. The van der Waals surface area contributed by atoms with Crippen LogP contribution < -0.4 is 5.32 Å². The highest BCUT2D eigenvalue weighted by Gasteiger charge is 2.22. The maximum absolute atomic E-state index is 12.0. The van der Waals surface area contributed by atoms with Crippen molar-refractivity contribution in [3.63, 3.8) is 0 Å². The molecule has 0 radical (unpaired) electrons. The van der Waals surface area contributed by atoms with Crippen molar-refractivity contribution in [1.82, 2.24) is 5.32 Å². The lowest BCUT2D eigenvalue weighted by Crippen LogP contribution is -2.42. The topological polar surface area (TPSA) is 83.5 Å². The quantitative estimate of drug-likeness (QED) is 0.850. The van der Waals surface area contributed by atoms with Crippen molar-refractivity contribution < 1.29 is 19.5 Å². The van der Waals surface area contributed by atoms with Gasteiger partial charge in [-0.05, 0) is 12.1 Å². The number of hydrogen-bond acceptors (Lipinski definition) is 4. The number of thioether (sulfide) groups is 1. The Kier molecular flexibility index (Phi) is 5.94. The monoisotopic (exact) mass is 329 g/mol. The van der Waals surface area contributed by atoms with Gasteiger partial charge < -0.3 is 10.4 Å². The van der Waals surface area contributed by atoms with Crippen LogP contribution in [0.25, 0.3) is 0 Å². The molecule has 2 aromatic carbocycles. The van der Waals surface area contributed by atoms with Gasteiger partial charge >= 0.3 is 5.97 Å². The average Bonchev–Trinajstić information content (AvgIpc) is 2.59. The standard InChI is InChI=1S/C17H15NO4S/c19-15(12-7-3-1-4-8-12)18-14(16(20)21)11-23-17(22)13-9-5-2-6-10-13/h1-10,14H,11H2,(H,18,19)(H,20,21). The molecule has 0 saturated carbocycles. The smallest absolute Gasteiger partial charge is 0.327 e. The van der Waals surface area contributed by atoms with Gasteiger partial charge in [0.15, 0.2) is 0 Å². The van der Waals surface area contributed by atoms with E-state index in [1.807, 2.05) is 0 Å². The Morgan fingerprint density at radius 1 is 0.913 bits per heavy atom. The molecule has 0 aliphatic carbocycles. The summed E-state index contributed by atoms with van der Waals surface area (Å²) in [5, 5.41) is 11.4. The molecule has 2 rings (SSSR count).